The number of fused-ring (bicyclic) bond motifs is 1. The topological polar surface area (TPSA) is 66.6 Å². The van der Waals surface area contributed by atoms with Crippen molar-refractivity contribution in [3.63, 3.8) is 0 Å². The van der Waals surface area contributed by atoms with Crippen LogP contribution in [0.3, 0.4) is 0 Å². The third-order valence-corrected chi connectivity index (χ3v) is 3.15. The molecule has 0 aromatic carbocycles. The van der Waals surface area contributed by atoms with Crippen molar-refractivity contribution in [1.82, 2.24) is 14.9 Å². The number of aromatic nitrogens is 2. The van der Waals surface area contributed by atoms with Crippen LogP contribution in [-0.2, 0) is 0 Å². The molecule has 20 heavy (non-hydrogen) atoms. The van der Waals surface area contributed by atoms with E-state index in [4.69, 9.17) is 0 Å². The van der Waals surface area contributed by atoms with Crippen LogP contribution in [0.4, 0.5) is 0 Å². The summed E-state index contributed by atoms with van der Waals surface area (Å²) in [7, 11) is 0. The van der Waals surface area contributed by atoms with Gasteiger partial charge in [-0.2, -0.15) is 5.10 Å². The first-order chi connectivity index (χ1) is 9.39. The molecule has 0 bridgehead atoms. The van der Waals surface area contributed by atoms with Crippen molar-refractivity contribution in [2.75, 3.05) is 6.54 Å². The Labute approximate surface area is 118 Å². The maximum Gasteiger partial charge on any atom is 0.255 e. The van der Waals surface area contributed by atoms with Gasteiger partial charge >= 0.3 is 0 Å². The lowest BCUT2D eigenvalue weighted by atomic mass is 9.94. The van der Waals surface area contributed by atoms with Crippen molar-refractivity contribution in [2.45, 2.75) is 32.8 Å². The van der Waals surface area contributed by atoms with Crippen LogP contribution in [0.5, 0.6) is 0 Å². The Morgan fingerprint density at radius 2 is 2.25 bits per heavy atom. The molecular weight excluding hydrogens is 254 g/mol. The molecule has 2 rings (SSSR count). The second kappa shape index (κ2) is 5.63. The van der Waals surface area contributed by atoms with Crippen molar-refractivity contribution in [3.05, 3.63) is 36.2 Å². The number of pyridine rings is 1. The van der Waals surface area contributed by atoms with Crippen molar-refractivity contribution in [1.29, 1.82) is 0 Å². The molecule has 2 N–H and O–H groups in total. The summed E-state index contributed by atoms with van der Waals surface area (Å²) in [6.45, 7) is 6.06. The molecule has 2 heterocycles. The molecule has 2 aromatic heterocycles. The average molecular weight is 275 g/mol. The zero-order valence-corrected chi connectivity index (χ0v) is 12.1. The number of amides is 1. The first kappa shape index (κ1) is 14.5. The Balaban J connectivity index is 2.06. The highest BCUT2D eigenvalue weighted by atomic mass is 16.3. The van der Waals surface area contributed by atoms with Gasteiger partial charge in [0.1, 0.15) is 0 Å². The molecule has 0 aliphatic heterocycles. The summed E-state index contributed by atoms with van der Waals surface area (Å²) in [4.78, 5) is 12.2. The molecule has 5 heteroatoms. The van der Waals surface area contributed by atoms with E-state index in [0.29, 0.717) is 17.9 Å². The highest BCUT2D eigenvalue weighted by Gasteiger charge is 2.23. The molecule has 0 saturated carbocycles. The minimum atomic E-state index is -0.896. The number of carbonyl (C=O) groups excluding carboxylic acids is 1. The minimum absolute atomic E-state index is 0.213. The molecule has 0 aliphatic rings. The molecule has 5 nitrogen and oxygen atoms in total. The van der Waals surface area contributed by atoms with Crippen LogP contribution in [-0.4, -0.2) is 32.8 Å². The van der Waals surface area contributed by atoms with Crippen LogP contribution < -0.4 is 5.32 Å². The first-order valence-corrected chi connectivity index (χ1v) is 6.82. The van der Waals surface area contributed by atoms with Gasteiger partial charge in [-0.05, 0) is 31.4 Å². The third-order valence-electron chi connectivity index (χ3n) is 3.15. The van der Waals surface area contributed by atoms with E-state index in [-0.39, 0.29) is 12.5 Å². The highest BCUT2D eigenvalue weighted by Crippen LogP contribution is 2.16. The van der Waals surface area contributed by atoms with Crippen molar-refractivity contribution in [3.8, 4) is 0 Å². The lowest BCUT2D eigenvalue weighted by Crippen LogP contribution is -2.41. The van der Waals surface area contributed by atoms with Crippen LogP contribution in [0.2, 0.25) is 0 Å². The molecule has 2 aromatic rings. The Morgan fingerprint density at radius 3 is 2.95 bits per heavy atom. The van der Waals surface area contributed by atoms with E-state index < -0.39 is 5.60 Å². The SMILES string of the molecule is CC(C)CC(C)(O)CNC(=O)c1cnn2ccccc12. The van der Waals surface area contributed by atoms with Gasteiger partial charge in [0, 0.05) is 12.7 Å². The predicted molar refractivity (Wildman–Crippen MR) is 77.6 cm³/mol. The maximum atomic E-state index is 12.2. The van der Waals surface area contributed by atoms with Gasteiger partial charge in [-0.1, -0.05) is 19.9 Å². The van der Waals surface area contributed by atoms with Crippen molar-refractivity contribution >= 4 is 11.4 Å². The second-order valence-corrected chi connectivity index (χ2v) is 5.87. The van der Waals surface area contributed by atoms with Crippen LogP contribution in [0.15, 0.2) is 30.6 Å². The van der Waals surface area contributed by atoms with Gasteiger partial charge in [-0.3, -0.25) is 4.79 Å². The summed E-state index contributed by atoms with van der Waals surface area (Å²) in [6, 6.07) is 5.56. The van der Waals surface area contributed by atoms with Gasteiger partial charge in [0.05, 0.1) is 22.9 Å². The fourth-order valence-corrected chi connectivity index (χ4v) is 2.43. The normalized spacial score (nSPS) is 14.4. The quantitative estimate of drug-likeness (QED) is 0.875. The number of hydrogen-bond donors (Lipinski definition) is 2. The summed E-state index contributed by atoms with van der Waals surface area (Å²) < 4.78 is 1.65. The summed E-state index contributed by atoms with van der Waals surface area (Å²) >= 11 is 0. The second-order valence-electron chi connectivity index (χ2n) is 5.87. The van der Waals surface area contributed by atoms with Gasteiger partial charge < -0.3 is 10.4 Å². The summed E-state index contributed by atoms with van der Waals surface area (Å²) in [5.74, 6) is 0.161. The first-order valence-electron chi connectivity index (χ1n) is 6.82. The largest absolute Gasteiger partial charge is 0.388 e. The van der Waals surface area contributed by atoms with Gasteiger partial charge in [0.2, 0.25) is 0 Å². The van der Waals surface area contributed by atoms with E-state index in [1.807, 2.05) is 32.0 Å². The average Bonchev–Trinajstić information content (AvgIpc) is 2.78. The number of aliphatic hydroxyl groups is 1. The molecule has 0 fully saturated rings. The Hall–Kier alpha value is -1.88. The number of carbonyl (C=O) groups is 1. The van der Waals surface area contributed by atoms with Crippen LogP contribution in [0.25, 0.3) is 5.52 Å². The summed E-state index contributed by atoms with van der Waals surface area (Å²) in [6.07, 6.45) is 3.98. The standard InChI is InChI=1S/C15H21N3O2/c1-11(2)8-15(3,20)10-16-14(19)12-9-17-18-7-5-4-6-13(12)18/h4-7,9,11,20H,8,10H2,1-3H3,(H,16,19). The van der Waals surface area contributed by atoms with Crippen molar-refractivity contribution < 1.29 is 9.90 Å². The van der Waals surface area contributed by atoms with Crippen LogP contribution >= 0.6 is 0 Å². The molecule has 1 unspecified atom stereocenters. The molecule has 108 valence electrons. The van der Waals surface area contributed by atoms with E-state index in [1.54, 1.807) is 23.8 Å². The van der Waals surface area contributed by atoms with Gasteiger partial charge in [0.15, 0.2) is 0 Å². The van der Waals surface area contributed by atoms with Gasteiger partial charge in [-0.25, -0.2) is 4.52 Å². The molecule has 0 aliphatic carbocycles. The fourth-order valence-electron chi connectivity index (χ4n) is 2.43. The molecule has 0 saturated heterocycles. The van der Waals surface area contributed by atoms with Crippen LogP contribution in [0, 0.1) is 5.92 Å². The highest BCUT2D eigenvalue weighted by molar-refractivity contribution is 6.00. The molecular formula is C15H21N3O2. The van der Waals surface area contributed by atoms with Gasteiger partial charge in [0.25, 0.3) is 5.91 Å². The van der Waals surface area contributed by atoms with Crippen LogP contribution in [0.1, 0.15) is 37.6 Å². The molecule has 0 spiro atoms. The fraction of sp³-hybridized carbons (Fsp3) is 0.467. The minimum Gasteiger partial charge on any atom is -0.388 e. The maximum absolute atomic E-state index is 12.2. The summed E-state index contributed by atoms with van der Waals surface area (Å²) in [5, 5.41) is 17.1. The number of hydrogen-bond acceptors (Lipinski definition) is 3. The lowest BCUT2D eigenvalue weighted by molar-refractivity contribution is 0.0368. The van der Waals surface area contributed by atoms with E-state index >= 15 is 0 Å². The molecule has 0 radical (unpaired) electrons. The molecule has 1 amide bonds. The van der Waals surface area contributed by atoms with E-state index in [0.717, 1.165) is 5.52 Å². The number of nitrogens with zero attached hydrogens (tertiary/aromatic N) is 2. The smallest absolute Gasteiger partial charge is 0.255 e. The summed E-state index contributed by atoms with van der Waals surface area (Å²) in [5.41, 5.74) is 0.381. The number of nitrogens with one attached hydrogen (secondary N) is 1. The monoisotopic (exact) mass is 275 g/mol. The van der Waals surface area contributed by atoms with E-state index in [2.05, 4.69) is 10.4 Å². The van der Waals surface area contributed by atoms with E-state index in [1.165, 1.54) is 0 Å². The third kappa shape index (κ3) is 3.36. The van der Waals surface area contributed by atoms with E-state index in [9.17, 15) is 9.90 Å². The Bertz CT molecular complexity index is 602. The lowest BCUT2D eigenvalue weighted by Gasteiger charge is -2.25. The zero-order valence-electron chi connectivity index (χ0n) is 12.1. The Kier molecular flexibility index (Phi) is 4.09. The Morgan fingerprint density at radius 1 is 1.50 bits per heavy atom. The molecule has 1 atom stereocenters. The predicted octanol–water partition coefficient (Wildman–Crippen LogP) is 1.86. The number of rotatable bonds is 5. The van der Waals surface area contributed by atoms with Gasteiger partial charge in [-0.15, -0.1) is 0 Å². The van der Waals surface area contributed by atoms with Crippen molar-refractivity contribution in [2.24, 2.45) is 5.92 Å². The zero-order chi connectivity index (χ0) is 14.8.